The SMILES string of the molecule is NCCCC(=O)Nc1cc(F)ccc1NC(=O)c1cccc(F)c1. The summed E-state index contributed by atoms with van der Waals surface area (Å²) < 4.78 is 26.6. The molecule has 5 nitrogen and oxygen atoms in total. The van der Waals surface area contributed by atoms with Crippen LogP contribution < -0.4 is 16.4 Å². The molecule has 0 radical (unpaired) electrons. The van der Waals surface area contributed by atoms with Gasteiger partial charge in [-0.1, -0.05) is 6.07 Å². The van der Waals surface area contributed by atoms with Gasteiger partial charge in [0.2, 0.25) is 5.91 Å². The summed E-state index contributed by atoms with van der Waals surface area (Å²) in [5.41, 5.74) is 5.79. The third kappa shape index (κ3) is 4.85. The van der Waals surface area contributed by atoms with Gasteiger partial charge in [0.25, 0.3) is 5.91 Å². The van der Waals surface area contributed by atoms with Gasteiger partial charge in [-0.2, -0.15) is 0 Å². The van der Waals surface area contributed by atoms with Crippen molar-refractivity contribution in [2.75, 3.05) is 17.2 Å². The van der Waals surface area contributed by atoms with Gasteiger partial charge in [0.05, 0.1) is 11.4 Å². The Labute approximate surface area is 137 Å². The van der Waals surface area contributed by atoms with Gasteiger partial charge in [-0.3, -0.25) is 9.59 Å². The van der Waals surface area contributed by atoms with Gasteiger partial charge in [-0.05, 0) is 49.4 Å². The number of hydrogen-bond acceptors (Lipinski definition) is 3. The Kier molecular flexibility index (Phi) is 5.97. The van der Waals surface area contributed by atoms with Crippen molar-refractivity contribution in [3.63, 3.8) is 0 Å². The first-order chi connectivity index (χ1) is 11.5. The third-order valence-corrected chi connectivity index (χ3v) is 3.20. The first-order valence-corrected chi connectivity index (χ1v) is 7.36. The van der Waals surface area contributed by atoms with Crippen LogP contribution in [0.1, 0.15) is 23.2 Å². The van der Waals surface area contributed by atoms with Gasteiger partial charge in [0, 0.05) is 12.0 Å². The van der Waals surface area contributed by atoms with E-state index in [9.17, 15) is 18.4 Å². The van der Waals surface area contributed by atoms with Crippen LogP contribution in [0.5, 0.6) is 0 Å². The highest BCUT2D eigenvalue weighted by Crippen LogP contribution is 2.24. The monoisotopic (exact) mass is 333 g/mol. The molecule has 0 aliphatic rings. The van der Waals surface area contributed by atoms with Crippen molar-refractivity contribution in [2.45, 2.75) is 12.8 Å². The molecule has 0 saturated carbocycles. The number of amides is 2. The van der Waals surface area contributed by atoms with Crippen LogP contribution in [-0.4, -0.2) is 18.4 Å². The summed E-state index contributed by atoms with van der Waals surface area (Å²) in [4.78, 5) is 23.9. The van der Waals surface area contributed by atoms with Crippen LogP contribution in [0.25, 0.3) is 0 Å². The molecule has 126 valence electrons. The molecule has 0 aliphatic carbocycles. The van der Waals surface area contributed by atoms with Crippen LogP contribution in [0.2, 0.25) is 0 Å². The molecular weight excluding hydrogens is 316 g/mol. The zero-order valence-electron chi connectivity index (χ0n) is 12.8. The van der Waals surface area contributed by atoms with Gasteiger partial charge in [0.15, 0.2) is 0 Å². The van der Waals surface area contributed by atoms with E-state index in [2.05, 4.69) is 10.6 Å². The van der Waals surface area contributed by atoms with Crippen LogP contribution in [0.15, 0.2) is 42.5 Å². The quantitative estimate of drug-likeness (QED) is 0.760. The van der Waals surface area contributed by atoms with Crippen LogP contribution in [-0.2, 0) is 4.79 Å². The second-order valence-electron chi connectivity index (χ2n) is 5.09. The highest BCUT2D eigenvalue weighted by Gasteiger charge is 2.12. The fraction of sp³-hybridized carbons (Fsp3) is 0.176. The zero-order valence-corrected chi connectivity index (χ0v) is 12.8. The molecule has 0 fully saturated rings. The Morgan fingerprint density at radius 2 is 1.71 bits per heavy atom. The summed E-state index contributed by atoms with van der Waals surface area (Å²) in [6, 6.07) is 8.73. The molecule has 0 saturated heterocycles. The average molecular weight is 333 g/mol. The largest absolute Gasteiger partial charge is 0.330 e. The predicted octanol–water partition coefficient (Wildman–Crippen LogP) is 2.89. The van der Waals surface area contributed by atoms with E-state index in [0.29, 0.717) is 13.0 Å². The summed E-state index contributed by atoms with van der Waals surface area (Å²) in [6.45, 7) is 0.361. The van der Waals surface area contributed by atoms with Gasteiger partial charge in [0.1, 0.15) is 11.6 Å². The van der Waals surface area contributed by atoms with Crippen LogP contribution in [0, 0.1) is 11.6 Å². The summed E-state index contributed by atoms with van der Waals surface area (Å²) in [7, 11) is 0. The lowest BCUT2D eigenvalue weighted by Gasteiger charge is -2.12. The lowest BCUT2D eigenvalue weighted by molar-refractivity contribution is -0.116. The van der Waals surface area contributed by atoms with E-state index in [0.717, 1.165) is 18.2 Å². The van der Waals surface area contributed by atoms with Gasteiger partial charge in [-0.25, -0.2) is 8.78 Å². The number of hydrogen-bond donors (Lipinski definition) is 3. The van der Waals surface area contributed by atoms with E-state index >= 15 is 0 Å². The molecule has 2 aromatic rings. The van der Waals surface area contributed by atoms with E-state index < -0.39 is 17.5 Å². The molecule has 0 aliphatic heterocycles. The Bertz CT molecular complexity index is 750. The maximum absolute atomic E-state index is 13.4. The summed E-state index contributed by atoms with van der Waals surface area (Å²) >= 11 is 0. The second-order valence-corrected chi connectivity index (χ2v) is 5.09. The molecule has 2 rings (SSSR count). The molecule has 2 aromatic carbocycles. The Morgan fingerprint density at radius 3 is 2.42 bits per heavy atom. The number of carbonyl (C=O) groups is 2. The van der Waals surface area contributed by atoms with Gasteiger partial charge < -0.3 is 16.4 Å². The molecule has 7 heteroatoms. The molecule has 0 unspecified atom stereocenters. The fourth-order valence-electron chi connectivity index (χ4n) is 2.03. The zero-order chi connectivity index (χ0) is 17.5. The minimum Gasteiger partial charge on any atom is -0.330 e. The fourth-order valence-corrected chi connectivity index (χ4v) is 2.03. The van der Waals surface area contributed by atoms with Gasteiger partial charge >= 0.3 is 0 Å². The maximum atomic E-state index is 13.4. The Hall–Kier alpha value is -2.80. The van der Waals surface area contributed by atoms with Crippen molar-refractivity contribution in [1.82, 2.24) is 0 Å². The third-order valence-electron chi connectivity index (χ3n) is 3.20. The Morgan fingerprint density at radius 1 is 0.958 bits per heavy atom. The van der Waals surface area contributed by atoms with Gasteiger partial charge in [-0.15, -0.1) is 0 Å². The first-order valence-electron chi connectivity index (χ1n) is 7.36. The molecule has 0 aromatic heterocycles. The molecule has 4 N–H and O–H groups in total. The molecule has 0 bridgehead atoms. The van der Waals surface area contributed by atoms with Crippen LogP contribution >= 0.6 is 0 Å². The normalized spacial score (nSPS) is 10.3. The van der Waals surface area contributed by atoms with Crippen molar-refractivity contribution < 1.29 is 18.4 Å². The summed E-state index contributed by atoms with van der Waals surface area (Å²) in [6.07, 6.45) is 0.677. The first kappa shape index (κ1) is 17.6. The van der Waals surface area contributed by atoms with E-state index in [4.69, 9.17) is 5.73 Å². The summed E-state index contributed by atoms with van der Waals surface area (Å²) in [5.74, 6) is -2.02. The van der Waals surface area contributed by atoms with E-state index in [1.807, 2.05) is 0 Å². The number of nitrogens with one attached hydrogen (secondary N) is 2. The van der Waals surface area contributed by atoms with E-state index in [1.165, 1.54) is 24.3 Å². The van der Waals surface area contributed by atoms with Crippen molar-refractivity contribution in [1.29, 1.82) is 0 Å². The topological polar surface area (TPSA) is 84.2 Å². The number of anilines is 2. The lowest BCUT2D eigenvalue weighted by atomic mass is 10.2. The Balaban J connectivity index is 2.17. The predicted molar refractivity (Wildman–Crippen MR) is 87.7 cm³/mol. The van der Waals surface area contributed by atoms with Crippen molar-refractivity contribution in [3.8, 4) is 0 Å². The molecular formula is C17H17F2N3O2. The number of halogens is 2. The summed E-state index contributed by atoms with van der Waals surface area (Å²) in [5, 5.41) is 5.06. The number of carbonyl (C=O) groups excluding carboxylic acids is 2. The molecule has 2 amide bonds. The molecule has 0 spiro atoms. The van der Waals surface area contributed by atoms with Crippen molar-refractivity contribution in [2.24, 2.45) is 5.73 Å². The van der Waals surface area contributed by atoms with Crippen molar-refractivity contribution in [3.05, 3.63) is 59.7 Å². The van der Waals surface area contributed by atoms with E-state index in [1.54, 1.807) is 0 Å². The standard InChI is InChI=1S/C17H17F2N3O2/c18-12-4-1-3-11(9-12)17(24)22-14-7-6-13(19)10-15(14)21-16(23)5-2-8-20/h1,3-4,6-7,9-10H,2,5,8,20H2,(H,21,23)(H,22,24). The minimum absolute atomic E-state index is 0.111. The number of rotatable bonds is 6. The second kappa shape index (κ2) is 8.16. The average Bonchev–Trinajstić information content (AvgIpc) is 2.55. The smallest absolute Gasteiger partial charge is 0.255 e. The van der Waals surface area contributed by atoms with Crippen molar-refractivity contribution >= 4 is 23.2 Å². The minimum atomic E-state index is -0.571. The molecule has 0 atom stereocenters. The van der Waals surface area contributed by atoms with Crippen LogP contribution in [0.3, 0.4) is 0 Å². The van der Waals surface area contributed by atoms with Crippen LogP contribution in [0.4, 0.5) is 20.2 Å². The number of benzene rings is 2. The molecule has 0 heterocycles. The lowest BCUT2D eigenvalue weighted by Crippen LogP contribution is -2.17. The highest BCUT2D eigenvalue weighted by atomic mass is 19.1. The highest BCUT2D eigenvalue weighted by molar-refractivity contribution is 6.07. The maximum Gasteiger partial charge on any atom is 0.255 e. The molecule has 24 heavy (non-hydrogen) atoms. The number of nitrogens with two attached hydrogens (primary N) is 1. The van der Waals surface area contributed by atoms with E-state index in [-0.39, 0.29) is 29.3 Å².